The number of amides is 1. The lowest BCUT2D eigenvalue weighted by molar-refractivity contribution is -0.108. The van der Waals surface area contributed by atoms with E-state index in [0.29, 0.717) is 12.0 Å². The third kappa shape index (κ3) is 3.19. The molecule has 1 aromatic carbocycles. The molecule has 6 heteroatoms. The minimum Gasteiger partial charge on any atom is -0.464 e. The molecule has 98 valence electrons. The van der Waals surface area contributed by atoms with E-state index in [4.69, 9.17) is 5.11 Å². The molecule has 0 aliphatic rings. The molecule has 0 unspecified atom stereocenters. The van der Waals surface area contributed by atoms with Gasteiger partial charge in [0.2, 0.25) is 0 Å². The highest BCUT2D eigenvalue weighted by Gasteiger charge is 2.11. The highest BCUT2D eigenvalue weighted by atomic mass is 16.4. The molecule has 0 spiro atoms. The molecule has 0 saturated heterocycles. The van der Waals surface area contributed by atoms with E-state index in [0.717, 1.165) is 15.8 Å². The van der Waals surface area contributed by atoms with Crippen molar-refractivity contribution in [3.63, 3.8) is 0 Å². The van der Waals surface area contributed by atoms with Gasteiger partial charge in [-0.25, -0.2) is 9.80 Å². The molecule has 0 bridgehead atoms. The topological polar surface area (TPSA) is 82.5 Å². The Morgan fingerprint density at radius 1 is 1.37 bits per heavy atom. The minimum absolute atomic E-state index is 0.104. The maximum Gasteiger partial charge on any atom is 0.426 e. The van der Waals surface area contributed by atoms with Crippen LogP contribution in [0.2, 0.25) is 0 Å². The Morgan fingerprint density at radius 3 is 2.95 bits per heavy atom. The Morgan fingerprint density at radius 2 is 2.21 bits per heavy atom. The van der Waals surface area contributed by atoms with E-state index in [-0.39, 0.29) is 13.0 Å². The first kappa shape index (κ1) is 12.8. The first-order chi connectivity index (χ1) is 9.20. The SMILES string of the molecule is O=CCCN(Nc1ccc2cnccc2c1)C(=O)O. The first-order valence-corrected chi connectivity index (χ1v) is 5.75. The second-order valence-corrected chi connectivity index (χ2v) is 3.94. The van der Waals surface area contributed by atoms with Crippen LogP contribution in [0.5, 0.6) is 0 Å². The fourth-order valence-corrected chi connectivity index (χ4v) is 1.69. The van der Waals surface area contributed by atoms with Crippen molar-refractivity contribution in [2.75, 3.05) is 12.0 Å². The second-order valence-electron chi connectivity index (χ2n) is 3.94. The number of anilines is 1. The van der Waals surface area contributed by atoms with Crippen LogP contribution in [0.1, 0.15) is 6.42 Å². The van der Waals surface area contributed by atoms with E-state index in [1.54, 1.807) is 18.5 Å². The van der Waals surface area contributed by atoms with Gasteiger partial charge in [0.1, 0.15) is 6.29 Å². The molecule has 0 fully saturated rings. The summed E-state index contributed by atoms with van der Waals surface area (Å²) in [7, 11) is 0. The van der Waals surface area contributed by atoms with Gasteiger partial charge in [-0.3, -0.25) is 10.4 Å². The number of aromatic nitrogens is 1. The summed E-state index contributed by atoms with van der Waals surface area (Å²) in [4.78, 5) is 25.3. The van der Waals surface area contributed by atoms with E-state index in [1.807, 2.05) is 18.2 Å². The molecular weight excluding hydrogens is 246 g/mol. The molecule has 2 aromatic rings. The number of hydrogen-bond donors (Lipinski definition) is 2. The molecule has 0 saturated carbocycles. The van der Waals surface area contributed by atoms with Gasteiger partial charge in [-0.2, -0.15) is 0 Å². The number of aldehydes is 1. The van der Waals surface area contributed by atoms with Crippen molar-refractivity contribution >= 4 is 28.8 Å². The van der Waals surface area contributed by atoms with E-state index >= 15 is 0 Å². The standard InChI is InChI=1S/C13H13N3O3/c17-7-1-6-16(13(18)19)15-12-3-2-11-9-14-5-4-10(11)8-12/h2-5,7-9,15H,1,6H2,(H,18,19). The second kappa shape index (κ2) is 5.81. The number of carboxylic acid groups (broad SMARTS) is 1. The van der Waals surface area contributed by atoms with Crippen molar-refractivity contribution in [1.29, 1.82) is 0 Å². The van der Waals surface area contributed by atoms with Crippen LogP contribution in [-0.4, -0.2) is 34.0 Å². The van der Waals surface area contributed by atoms with Crippen LogP contribution >= 0.6 is 0 Å². The molecule has 1 amide bonds. The van der Waals surface area contributed by atoms with Gasteiger partial charge >= 0.3 is 6.09 Å². The Kier molecular flexibility index (Phi) is 3.92. The largest absolute Gasteiger partial charge is 0.464 e. The summed E-state index contributed by atoms with van der Waals surface area (Å²) in [5.74, 6) is 0. The molecule has 6 nitrogen and oxygen atoms in total. The van der Waals surface area contributed by atoms with E-state index in [9.17, 15) is 9.59 Å². The molecule has 0 aliphatic heterocycles. The van der Waals surface area contributed by atoms with Gasteiger partial charge < -0.3 is 9.90 Å². The number of pyridine rings is 1. The van der Waals surface area contributed by atoms with Crippen molar-refractivity contribution in [3.8, 4) is 0 Å². The molecule has 2 rings (SSSR count). The fourth-order valence-electron chi connectivity index (χ4n) is 1.69. The van der Waals surface area contributed by atoms with Gasteiger partial charge in [0.15, 0.2) is 0 Å². The zero-order valence-electron chi connectivity index (χ0n) is 10.1. The number of fused-ring (bicyclic) bond motifs is 1. The van der Waals surface area contributed by atoms with Crippen LogP contribution in [0.3, 0.4) is 0 Å². The molecule has 1 aromatic heterocycles. The smallest absolute Gasteiger partial charge is 0.426 e. The first-order valence-electron chi connectivity index (χ1n) is 5.75. The average Bonchev–Trinajstić information content (AvgIpc) is 2.43. The molecular formula is C13H13N3O3. The molecule has 19 heavy (non-hydrogen) atoms. The predicted octanol–water partition coefficient (Wildman–Crippen LogP) is 2.13. The number of rotatable bonds is 5. The van der Waals surface area contributed by atoms with E-state index in [1.165, 1.54) is 0 Å². The highest BCUT2D eigenvalue weighted by Crippen LogP contribution is 2.18. The van der Waals surface area contributed by atoms with Crippen LogP contribution in [0.4, 0.5) is 10.5 Å². The van der Waals surface area contributed by atoms with Gasteiger partial charge in [-0.05, 0) is 23.6 Å². The molecule has 2 N–H and O–H groups in total. The number of nitrogens with one attached hydrogen (secondary N) is 1. The fraction of sp³-hybridized carbons (Fsp3) is 0.154. The number of nitrogens with zero attached hydrogens (tertiary/aromatic N) is 2. The van der Waals surface area contributed by atoms with Crippen molar-refractivity contribution in [1.82, 2.24) is 9.99 Å². The van der Waals surface area contributed by atoms with Gasteiger partial charge in [0, 0.05) is 24.2 Å². The average molecular weight is 259 g/mol. The third-order valence-electron chi connectivity index (χ3n) is 2.61. The van der Waals surface area contributed by atoms with E-state index < -0.39 is 6.09 Å². The predicted molar refractivity (Wildman–Crippen MR) is 70.8 cm³/mol. The number of hydrazine groups is 1. The summed E-state index contributed by atoms with van der Waals surface area (Å²) in [6.45, 7) is 0.104. The summed E-state index contributed by atoms with van der Waals surface area (Å²) in [5.41, 5.74) is 3.41. The molecule has 1 heterocycles. The van der Waals surface area contributed by atoms with Crippen molar-refractivity contribution < 1.29 is 14.7 Å². The summed E-state index contributed by atoms with van der Waals surface area (Å²) >= 11 is 0. The zero-order chi connectivity index (χ0) is 13.7. The normalized spacial score (nSPS) is 10.1. The van der Waals surface area contributed by atoms with Crippen LogP contribution in [0.15, 0.2) is 36.7 Å². The maximum atomic E-state index is 11.0. The minimum atomic E-state index is -1.13. The van der Waals surface area contributed by atoms with Crippen LogP contribution < -0.4 is 5.43 Å². The van der Waals surface area contributed by atoms with Crippen LogP contribution in [0.25, 0.3) is 10.8 Å². The summed E-state index contributed by atoms with van der Waals surface area (Å²) in [6, 6.07) is 7.29. The number of carbonyl (C=O) groups is 2. The third-order valence-corrected chi connectivity index (χ3v) is 2.61. The van der Waals surface area contributed by atoms with Crippen LogP contribution in [-0.2, 0) is 4.79 Å². The zero-order valence-corrected chi connectivity index (χ0v) is 10.1. The van der Waals surface area contributed by atoms with Crippen molar-refractivity contribution in [2.45, 2.75) is 6.42 Å². The Balaban J connectivity index is 2.18. The summed E-state index contributed by atoms with van der Waals surface area (Å²) in [6.07, 6.45) is 3.12. The summed E-state index contributed by atoms with van der Waals surface area (Å²) < 4.78 is 0. The molecule has 0 radical (unpaired) electrons. The van der Waals surface area contributed by atoms with E-state index in [2.05, 4.69) is 10.4 Å². The monoisotopic (exact) mass is 259 g/mol. The highest BCUT2D eigenvalue weighted by molar-refractivity contribution is 5.85. The van der Waals surface area contributed by atoms with Crippen LogP contribution in [0, 0.1) is 0 Å². The van der Waals surface area contributed by atoms with Gasteiger partial charge in [0.25, 0.3) is 0 Å². The van der Waals surface area contributed by atoms with Gasteiger partial charge in [-0.15, -0.1) is 0 Å². The quantitative estimate of drug-likeness (QED) is 0.635. The Labute approximate surface area is 109 Å². The van der Waals surface area contributed by atoms with Crippen molar-refractivity contribution in [2.24, 2.45) is 0 Å². The maximum absolute atomic E-state index is 11.0. The Bertz CT molecular complexity index is 600. The van der Waals surface area contributed by atoms with Crippen molar-refractivity contribution in [3.05, 3.63) is 36.7 Å². The number of carbonyl (C=O) groups excluding carboxylic acids is 1. The lowest BCUT2D eigenvalue weighted by Gasteiger charge is -2.20. The molecule has 0 atom stereocenters. The molecule has 0 aliphatic carbocycles. The van der Waals surface area contributed by atoms with Gasteiger partial charge in [-0.1, -0.05) is 6.07 Å². The lowest BCUT2D eigenvalue weighted by atomic mass is 10.1. The lowest BCUT2D eigenvalue weighted by Crippen LogP contribution is -2.35. The summed E-state index contributed by atoms with van der Waals surface area (Å²) in [5, 5.41) is 11.9. The van der Waals surface area contributed by atoms with Gasteiger partial charge in [0.05, 0.1) is 12.2 Å². The number of benzene rings is 1. The Hall–Kier alpha value is -2.63. The number of hydrogen-bond acceptors (Lipinski definition) is 4.